The summed E-state index contributed by atoms with van der Waals surface area (Å²) in [6, 6.07) is 17.0. The Hall–Kier alpha value is -2.87. The molecular formula is C28H27NO. The highest BCUT2D eigenvalue weighted by molar-refractivity contribution is 6.30. The molecule has 150 valence electrons. The van der Waals surface area contributed by atoms with Crippen molar-refractivity contribution >= 4 is 43.4 Å². The quantitative estimate of drug-likeness (QED) is 0.267. The Labute approximate surface area is 178 Å². The van der Waals surface area contributed by atoms with Gasteiger partial charge in [0.15, 0.2) is 0 Å². The van der Waals surface area contributed by atoms with E-state index in [2.05, 4.69) is 63.2 Å². The fraction of sp³-hybridized carbons (Fsp3) is 0.321. The summed E-state index contributed by atoms with van der Waals surface area (Å²) in [4.78, 5) is 4.75. The van der Waals surface area contributed by atoms with Crippen LogP contribution in [0.15, 0.2) is 59.1 Å². The summed E-state index contributed by atoms with van der Waals surface area (Å²) in [5, 5.41) is 7.12. The van der Waals surface area contributed by atoms with E-state index >= 15 is 0 Å². The number of aryl methyl sites for hydroxylation is 1. The molecule has 1 aliphatic rings. The lowest BCUT2D eigenvalue weighted by atomic mass is 9.72. The van der Waals surface area contributed by atoms with Crippen LogP contribution in [0, 0.1) is 12.3 Å². The average Bonchev–Trinajstić information content (AvgIpc) is 3.13. The first-order valence-corrected chi connectivity index (χ1v) is 11.0. The number of benzene rings is 3. The summed E-state index contributed by atoms with van der Waals surface area (Å²) in [5.74, 6) is 0.214. The van der Waals surface area contributed by atoms with Crippen LogP contribution >= 0.6 is 0 Å². The van der Waals surface area contributed by atoms with E-state index in [-0.39, 0.29) is 0 Å². The van der Waals surface area contributed by atoms with Crippen molar-refractivity contribution in [3.05, 3.63) is 66.1 Å². The molecule has 0 saturated heterocycles. The second kappa shape index (κ2) is 6.31. The maximum absolute atomic E-state index is 9.31. The SMILES string of the molecule is [2H]C1(c2oc3ccc4c5ccccc5c5ncccc5c4c3c2C)CCC(C)(C)CC1. The summed E-state index contributed by atoms with van der Waals surface area (Å²) < 4.78 is 15.8. The number of rotatable bonds is 1. The van der Waals surface area contributed by atoms with Gasteiger partial charge in [0.2, 0.25) is 0 Å². The second-order valence-corrected chi connectivity index (χ2v) is 9.63. The number of furan rings is 1. The van der Waals surface area contributed by atoms with Crippen molar-refractivity contribution in [3.8, 4) is 0 Å². The highest BCUT2D eigenvalue weighted by Crippen LogP contribution is 2.47. The lowest BCUT2D eigenvalue weighted by Gasteiger charge is -2.33. The van der Waals surface area contributed by atoms with Gasteiger partial charge in [-0.25, -0.2) is 0 Å². The predicted molar refractivity (Wildman–Crippen MR) is 126 cm³/mol. The Bertz CT molecular complexity index is 1450. The van der Waals surface area contributed by atoms with Gasteiger partial charge in [-0.15, -0.1) is 0 Å². The molecule has 2 heteroatoms. The van der Waals surface area contributed by atoms with Gasteiger partial charge in [-0.3, -0.25) is 4.98 Å². The lowest BCUT2D eigenvalue weighted by Crippen LogP contribution is -2.20. The molecule has 0 aliphatic heterocycles. The van der Waals surface area contributed by atoms with Crippen molar-refractivity contribution < 1.29 is 5.79 Å². The monoisotopic (exact) mass is 394 g/mol. The van der Waals surface area contributed by atoms with Gasteiger partial charge < -0.3 is 4.42 Å². The number of nitrogens with zero attached hydrogens (tertiary/aromatic N) is 1. The molecule has 0 atom stereocenters. The molecule has 1 saturated carbocycles. The third-order valence-electron chi connectivity index (χ3n) is 7.17. The minimum absolute atomic E-state index is 0.317. The molecule has 30 heavy (non-hydrogen) atoms. The molecule has 0 N–H and O–H groups in total. The molecule has 2 heterocycles. The molecule has 1 fully saturated rings. The molecule has 5 aromatic rings. The van der Waals surface area contributed by atoms with Crippen LogP contribution in [-0.2, 0) is 0 Å². The van der Waals surface area contributed by atoms with Crippen molar-refractivity contribution in [2.24, 2.45) is 5.41 Å². The first kappa shape index (κ1) is 16.9. The average molecular weight is 395 g/mol. The number of hydrogen-bond acceptors (Lipinski definition) is 2. The molecule has 0 spiro atoms. The fourth-order valence-corrected chi connectivity index (χ4v) is 5.38. The van der Waals surface area contributed by atoms with E-state index in [1.807, 2.05) is 12.3 Å². The molecule has 0 bridgehead atoms. The number of hydrogen-bond donors (Lipinski definition) is 0. The normalized spacial score (nSPS) is 19.0. The summed E-state index contributed by atoms with van der Waals surface area (Å²) in [7, 11) is 0. The van der Waals surface area contributed by atoms with E-state index in [4.69, 9.17) is 9.40 Å². The van der Waals surface area contributed by atoms with Crippen LogP contribution in [0.4, 0.5) is 0 Å². The zero-order chi connectivity index (χ0) is 21.4. The van der Waals surface area contributed by atoms with Gasteiger partial charge in [-0.1, -0.05) is 44.2 Å². The van der Waals surface area contributed by atoms with Crippen LogP contribution in [0.3, 0.4) is 0 Å². The van der Waals surface area contributed by atoms with Crippen molar-refractivity contribution in [1.29, 1.82) is 0 Å². The van der Waals surface area contributed by atoms with Crippen LogP contribution in [0.5, 0.6) is 0 Å². The van der Waals surface area contributed by atoms with Crippen molar-refractivity contribution in [2.75, 3.05) is 0 Å². The van der Waals surface area contributed by atoms with E-state index in [9.17, 15) is 1.37 Å². The van der Waals surface area contributed by atoms with E-state index < -0.39 is 5.89 Å². The highest BCUT2D eigenvalue weighted by atomic mass is 16.3. The van der Waals surface area contributed by atoms with Gasteiger partial charge in [-0.05, 0) is 72.6 Å². The zero-order valence-electron chi connectivity index (χ0n) is 18.9. The summed E-state index contributed by atoms with van der Waals surface area (Å²) in [6.45, 7) is 6.78. The fourth-order valence-electron chi connectivity index (χ4n) is 5.38. The van der Waals surface area contributed by atoms with E-state index in [1.165, 1.54) is 21.5 Å². The molecule has 0 radical (unpaired) electrons. The van der Waals surface area contributed by atoms with Gasteiger partial charge in [0, 0.05) is 35.0 Å². The second-order valence-electron chi connectivity index (χ2n) is 9.63. The van der Waals surface area contributed by atoms with E-state index in [1.54, 1.807) is 0 Å². The van der Waals surface area contributed by atoms with Crippen LogP contribution in [-0.4, -0.2) is 4.98 Å². The largest absolute Gasteiger partial charge is 0.460 e. The van der Waals surface area contributed by atoms with Gasteiger partial charge in [0.25, 0.3) is 0 Å². The van der Waals surface area contributed by atoms with Gasteiger partial charge >= 0.3 is 0 Å². The molecule has 0 amide bonds. The smallest absolute Gasteiger partial charge is 0.135 e. The number of fused-ring (bicyclic) bond motifs is 8. The number of aromatic nitrogens is 1. The Balaban J connectivity index is 1.71. The van der Waals surface area contributed by atoms with Gasteiger partial charge in [0.05, 0.1) is 5.52 Å². The van der Waals surface area contributed by atoms with Gasteiger partial charge in [0.1, 0.15) is 11.3 Å². The molecule has 2 aromatic heterocycles. The molecule has 1 aliphatic carbocycles. The van der Waals surface area contributed by atoms with Crippen LogP contribution in [0.25, 0.3) is 43.4 Å². The lowest BCUT2D eigenvalue weighted by molar-refractivity contribution is 0.213. The number of pyridine rings is 1. The van der Waals surface area contributed by atoms with E-state index in [0.29, 0.717) is 5.41 Å². The van der Waals surface area contributed by atoms with Gasteiger partial charge in [-0.2, -0.15) is 0 Å². The first-order valence-electron chi connectivity index (χ1n) is 11.5. The summed E-state index contributed by atoms with van der Waals surface area (Å²) >= 11 is 0. The van der Waals surface area contributed by atoms with Crippen LogP contribution < -0.4 is 0 Å². The van der Waals surface area contributed by atoms with Crippen molar-refractivity contribution in [3.63, 3.8) is 0 Å². The Morgan fingerprint density at radius 1 is 0.900 bits per heavy atom. The predicted octanol–water partition coefficient (Wildman–Crippen LogP) is 8.28. The Kier molecular flexibility index (Phi) is 3.55. The summed E-state index contributed by atoms with van der Waals surface area (Å²) in [6.07, 6.45) is 5.70. The Morgan fingerprint density at radius 2 is 1.63 bits per heavy atom. The summed E-state index contributed by atoms with van der Waals surface area (Å²) in [5.41, 5.74) is 3.35. The van der Waals surface area contributed by atoms with E-state index in [0.717, 1.165) is 58.9 Å². The molecule has 2 nitrogen and oxygen atoms in total. The maximum atomic E-state index is 9.31. The molecule has 6 rings (SSSR count). The first-order chi connectivity index (χ1) is 14.9. The molecule has 0 unspecified atom stereocenters. The zero-order valence-corrected chi connectivity index (χ0v) is 17.9. The third-order valence-corrected chi connectivity index (χ3v) is 7.17. The Morgan fingerprint density at radius 3 is 2.43 bits per heavy atom. The maximum Gasteiger partial charge on any atom is 0.135 e. The molecular weight excluding hydrogens is 366 g/mol. The van der Waals surface area contributed by atoms with Crippen LogP contribution in [0.2, 0.25) is 0 Å². The molecule has 3 aromatic carbocycles. The van der Waals surface area contributed by atoms with Crippen molar-refractivity contribution in [1.82, 2.24) is 4.98 Å². The highest BCUT2D eigenvalue weighted by Gasteiger charge is 2.31. The minimum Gasteiger partial charge on any atom is -0.460 e. The van der Waals surface area contributed by atoms with Crippen molar-refractivity contribution in [2.45, 2.75) is 52.3 Å². The third kappa shape index (κ3) is 2.52. The minimum atomic E-state index is -0.643. The van der Waals surface area contributed by atoms with Crippen LogP contribution in [0.1, 0.15) is 58.1 Å². The standard InChI is InChI=1S/C28H27NO/c1-17-24-23(30-27(17)18-12-14-28(2,3)15-13-18)11-10-20-19-7-4-5-8-21(19)26-22(25(20)24)9-6-16-29-26/h4-11,16,18H,12-15H2,1-3H3/i18D. The topological polar surface area (TPSA) is 26.0 Å².